The minimum absolute atomic E-state index is 0.0851. The largest absolute Gasteiger partial charge is 0.497 e. The molecule has 0 atom stereocenters. The van der Waals surface area contributed by atoms with Gasteiger partial charge in [0.15, 0.2) is 0 Å². The maximum absolute atomic E-state index is 12.7. The number of benzene rings is 2. The molecule has 3 aromatic rings. The number of ether oxygens (including phenoxy) is 1. The van der Waals surface area contributed by atoms with Crippen LogP contribution in [0.5, 0.6) is 5.75 Å². The van der Waals surface area contributed by atoms with Crippen LogP contribution in [0, 0.1) is 20.8 Å². The summed E-state index contributed by atoms with van der Waals surface area (Å²) < 4.78 is 38.2. The topological polar surface area (TPSA) is 94.3 Å². The number of sulfonamides is 1. The lowest BCUT2D eigenvalue weighted by atomic mass is 10.1. The highest BCUT2D eigenvalue weighted by Gasteiger charge is 2.21. The van der Waals surface area contributed by atoms with E-state index in [0.29, 0.717) is 17.0 Å². The Morgan fingerprint density at radius 1 is 1.07 bits per heavy atom. The molecule has 0 aliphatic carbocycles. The fraction of sp³-hybridized carbons (Fsp3) is 0.263. The van der Waals surface area contributed by atoms with Crippen LogP contribution in [0.1, 0.15) is 22.6 Å². The molecule has 0 unspecified atom stereocenters. The van der Waals surface area contributed by atoms with Crippen molar-refractivity contribution in [1.29, 1.82) is 0 Å². The van der Waals surface area contributed by atoms with E-state index in [0.717, 1.165) is 16.9 Å². The smallest absolute Gasteiger partial charge is 0.242 e. The van der Waals surface area contributed by atoms with E-state index in [1.54, 1.807) is 45.2 Å². The predicted octanol–water partition coefficient (Wildman–Crippen LogP) is 3.15. The molecule has 142 valence electrons. The van der Waals surface area contributed by atoms with Crippen molar-refractivity contribution in [2.45, 2.75) is 32.2 Å². The molecule has 0 fully saturated rings. The predicted molar refractivity (Wildman–Crippen MR) is 101 cm³/mol. The monoisotopic (exact) mass is 387 g/mol. The number of aromatic nitrogens is 2. The van der Waals surface area contributed by atoms with Gasteiger partial charge in [-0.25, -0.2) is 13.1 Å². The first kappa shape index (κ1) is 19.1. The fourth-order valence-electron chi connectivity index (χ4n) is 3.00. The summed E-state index contributed by atoms with van der Waals surface area (Å²) in [6.07, 6.45) is 0. The highest BCUT2D eigenvalue weighted by molar-refractivity contribution is 7.89. The second-order valence-corrected chi connectivity index (χ2v) is 8.00. The Kier molecular flexibility index (Phi) is 5.29. The summed E-state index contributed by atoms with van der Waals surface area (Å²) in [5, 5.41) is 3.90. The Balaban J connectivity index is 1.76. The molecule has 27 heavy (non-hydrogen) atoms. The second-order valence-electron chi connectivity index (χ2n) is 6.29. The van der Waals surface area contributed by atoms with E-state index in [-0.39, 0.29) is 17.3 Å². The molecule has 0 aliphatic heterocycles. The number of rotatable bonds is 6. The van der Waals surface area contributed by atoms with E-state index in [1.807, 2.05) is 19.1 Å². The molecule has 1 aromatic heterocycles. The van der Waals surface area contributed by atoms with Gasteiger partial charge in [-0.2, -0.15) is 4.98 Å². The van der Waals surface area contributed by atoms with Crippen molar-refractivity contribution in [3.63, 3.8) is 0 Å². The number of hydrogen-bond donors (Lipinski definition) is 1. The van der Waals surface area contributed by atoms with Gasteiger partial charge in [-0.05, 0) is 56.2 Å². The molecule has 3 rings (SSSR count). The average molecular weight is 387 g/mol. The lowest BCUT2D eigenvalue weighted by molar-refractivity contribution is 0.376. The first-order valence-electron chi connectivity index (χ1n) is 8.34. The van der Waals surface area contributed by atoms with Gasteiger partial charge in [0.1, 0.15) is 5.75 Å². The number of aryl methyl sites for hydroxylation is 3. The maximum atomic E-state index is 12.7. The molecule has 0 aliphatic rings. The third-order valence-corrected chi connectivity index (χ3v) is 5.81. The molecule has 0 amide bonds. The fourth-order valence-corrected chi connectivity index (χ4v) is 4.43. The van der Waals surface area contributed by atoms with Crippen LogP contribution in [0.25, 0.3) is 11.4 Å². The molecule has 1 heterocycles. The average Bonchev–Trinajstić information content (AvgIpc) is 3.08. The van der Waals surface area contributed by atoms with Crippen molar-refractivity contribution in [3.05, 3.63) is 59.0 Å². The molecule has 8 heteroatoms. The first-order valence-corrected chi connectivity index (χ1v) is 9.83. The molecule has 0 spiro atoms. The van der Waals surface area contributed by atoms with Crippen LogP contribution >= 0.6 is 0 Å². The summed E-state index contributed by atoms with van der Waals surface area (Å²) in [7, 11) is -2.11. The summed E-state index contributed by atoms with van der Waals surface area (Å²) >= 11 is 0. The first-order chi connectivity index (χ1) is 12.8. The van der Waals surface area contributed by atoms with Crippen LogP contribution in [-0.4, -0.2) is 25.7 Å². The van der Waals surface area contributed by atoms with Gasteiger partial charge in [0.2, 0.25) is 21.7 Å². The summed E-state index contributed by atoms with van der Waals surface area (Å²) in [4.78, 5) is 4.53. The van der Waals surface area contributed by atoms with Gasteiger partial charge in [0.05, 0.1) is 18.6 Å². The van der Waals surface area contributed by atoms with E-state index >= 15 is 0 Å². The Morgan fingerprint density at radius 3 is 2.30 bits per heavy atom. The highest BCUT2D eigenvalue weighted by Crippen LogP contribution is 2.22. The Bertz CT molecular complexity index is 1030. The minimum atomic E-state index is -3.70. The summed E-state index contributed by atoms with van der Waals surface area (Å²) in [5.74, 6) is 1.29. The zero-order valence-corrected chi connectivity index (χ0v) is 16.4. The molecule has 0 saturated heterocycles. The van der Waals surface area contributed by atoms with Crippen LogP contribution in [0.15, 0.2) is 45.8 Å². The van der Waals surface area contributed by atoms with Gasteiger partial charge in [0.25, 0.3) is 0 Å². The van der Waals surface area contributed by atoms with Crippen LogP contribution in [0.4, 0.5) is 0 Å². The molecular formula is C19H21N3O4S. The standard InChI is InChI=1S/C19H21N3O4S/c1-12-9-13(2)18(14(3)10-12)27(23,24)20-11-17-21-19(22-26-17)15-5-7-16(25-4)8-6-15/h5-10,20H,11H2,1-4H3. The number of nitrogens with zero attached hydrogens (tertiary/aromatic N) is 2. The van der Waals surface area contributed by atoms with E-state index in [2.05, 4.69) is 14.9 Å². The summed E-state index contributed by atoms with van der Waals surface area (Å²) in [5.41, 5.74) is 3.16. The van der Waals surface area contributed by atoms with Gasteiger partial charge in [-0.15, -0.1) is 0 Å². The van der Waals surface area contributed by atoms with Crippen molar-refractivity contribution in [2.24, 2.45) is 0 Å². The van der Waals surface area contributed by atoms with E-state index < -0.39 is 10.0 Å². The molecule has 0 radical (unpaired) electrons. The third-order valence-electron chi connectivity index (χ3n) is 4.10. The van der Waals surface area contributed by atoms with E-state index in [4.69, 9.17) is 9.26 Å². The van der Waals surface area contributed by atoms with Crippen molar-refractivity contribution in [2.75, 3.05) is 7.11 Å². The van der Waals surface area contributed by atoms with Gasteiger partial charge >= 0.3 is 0 Å². The molecular weight excluding hydrogens is 366 g/mol. The van der Waals surface area contributed by atoms with Crippen molar-refractivity contribution >= 4 is 10.0 Å². The van der Waals surface area contributed by atoms with Gasteiger partial charge < -0.3 is 9.26 Å². The lowest BCUT2D eigenvalue weighted by Gasteiger charge is -2.12. The third kappa shape index (κ3) is 4.17. The number of methoxy groups -OCH3 is 1. The van der Waals surface area contributed by atoms with E-state index in [1.165, 1.54) is 0 Å². The van der Waals surface area contributed by atoms with Gasteiger partial charge in [-0.1, -0.05) is 22.9 Å². The van der Waals surface area contributed by atoms with Crippen molar-refractivity contribution < 1.29 is 17.7 Å². The number of hydrogen-bond acceptors (Lipinski definition) is 6. The van der Waals surface area contributed by atoms with E-state index in [9.17, 15) is 8.42 Å². The molecule has 0 bridgehead atoms. The summed E-state index contributed by atoms with van der Waals surface area (Å²) in [6, 6.07) is 10.9. The summed E-state index contributed by atoms with van der Waals surface area (Å²) in [6.45, 7) is 5.41. The normalized spacial score (nSPS) is 11.6. The van der Waals surface area contributed by atoms with Crippen molar-refractivity contribution in [1.82, 2.24) is 14.9 Å². The Hall–Kier alpha value is -2.71. The zero-order valence-electron chi connectivity index (χ0n) is 15.6. The lowest BCUT2D eigenvalue weighted by Crippen LogP contribution is -2.25. The molecule has 2 aromatic carbocycles. The van der Waals surface area contributed by atoms with Crippen LogP contribution < -0.4 is 9.46 Å². The molecule has 1 N–H and O–H groups in total. The Labute approximate surface area is 158 Å². The van der Waals surface area contributed by atoms with Gasteiger partial charge in [0, 0.05) is 5.56 Å². The SMILES string of the molecule is COc1ccc(-c2noc(CNS(=O)(=O)c3c(C)cc(C)cc3C)n2)cc1. The zero-order chi connectivity index (χ0) is 19.6. The van der Waals surface area contributed by atoms with Crippen molar-refractivity contribution in [3.8, 4) is 17.1 Å². The second kappa shape index (κ2) is 7.50. The van der Waals surface area contributed by atoms with Crippen LogP contribution in [0.3, 0.4) is 0 Å². The quantitative estimate of drug-likeness (QED) is 0.698. The molecule has 0 saturated carbocycles. The maximum Gasteiger partial charge on any atom is 0.242 e. The number of nitrogens with one attached hydrogen (secondary N) is 1. The van der Waals surface area contributed by atoms with Crippen LogP contribution in [-0.2, 0) is 16.6 Å². The van der Waals surface area contributed by atoms with Crippen LogP contribution in [0.2, 0.25) is 0 Å². The molecule has 7 nitrogen and oxygen atoms in total. The Morgan fingerprint density at radius 2 is 1.70 bits per heavy atom. The highest BCUT2D eigenvalue weighted by atomic mass is 32.2. The van der Waals surface area contributed by atoms with Gasteiger partial charge in [-0.3, -0.25) is 0 Å². The minimum Gasteiger partial charge on any atom is -0.497 e.